The molecule has 29 heavy (non-hydrogen) atoms. The number of hydrogen-bond acceptors (Lipinski definition) is 1. The highest BCUT2D eigenvalue weighted by Gasteiger charge is 2.17. The minimum Gasteiger partial charge on any atom is -1.00 e. The lowest BCUT2D eigenvalue weighted by Crippen LogP contribution is -3.00. The summed E-state index contributed by atoms with van der Waals surface area (Å²) in [7, 11) is 0. The van der Waals surface area contributed by atoms with Gasteiger partial charge in [0.1, 0.15) is 17.2 Å². The third-order valence-electron chi connectivity index (χ3n) is 5.69. The maximum absolute atomic E-state index is 3.63. The number of aryl methyl sites for hydroxylation is 1. The molecule has 5 rings (SSSR count). The second-order valence-electron chi connectivity index (χ2n) is 7.95. The Labute approximate surface area is 188 Å². The largest absolute Gasteiger partial charge is 1.00 e. The SMILES string of the molecule is CCCC(C)Nc1ccc2c(ccc3c[n+]4c5cc(C)ccc5ccc4n32)c1.[I-]. The summed E-state index contributed by atoms with van der Waals surface area (Å²) in [5.74, 6) is 0. The van der Waals surface area contributed by atoms with E-state index < -0.39 is 0 Å². The number of pyridine rings is 2. The van der Waals surface area contributed by atoms with Gasteiger partial charge in [0, 0.05) is 28.6 Å². The van der Waals surface area contributed by atoms with Gasteiger partial charge in [0.05, 0.1) is 0 Å². The van der Waals surface area contributed by atoms with Crippen LogP contribution in [0.4, 0.5) is 5.69 Å². The molecule has 0 aliphatic heterocycles. The van der Waals surface area contributed by atoms with E-state index in [0.29, 0.717) is 6.04 Å². The Bertz CT molecular complexity index is 1340. The summed E-state index contributed by atoms with van der Waals surface area (Å²) in [4.78, 5) is 0. The Morgan fingerprint density at radius 3 is 2.59 bits per heavy atom. The van der Waals surface area contributed by atoms with Gasteiger partial charge in [-0.25, -0.2) is 0 Å². The highest BCUT2D eigenvalue weighted by atomic mass is 127. The molecule has 0 spiro atoms. The third-order valence-corrected chi connectivity index (χ3v) is 5.69. The average molecular weight is 495 g/mol. The smallest absolute Gasteiger partial charge is 0.292 e. The molecule has 2 aromatic carbocycles. The molecule has 0 aliphatic rings. The first-order valence-electron chi connectivity index (χ1n) is 10.2. The fraction of sp³-hybridized carbons (Fsp3) is 0.240. The first-order chi connectivity index (χ1) is 13.6. The zero-order valence-electron chi connectivity index (χ0n) is 17.1. The molecule has 0 saturated heterocycles. The molecule has 1 N–H and O–H groups in total. The van der Waals surface area contributed by atoms with Crippen LogP contribution in [0.1, 0.15) is 32.3 Å². The summed E-state index contributed by atoms with van der Waals surface area (Å²) in [6, 6.07) is 22.7. The minimum atomic E-state index is 0. The summed E-state index contributed by atoms with van der Waals surface area (Å²) in [5.41, 5.74) is 7.37. The van der Waals surface area contributed by atoms with E-state index >= 15 is 0 Å². The lowest BCUT2D eigenvalue weighted by molar-refractivity contribution is -0.479. The van der Waals surface area contributed by atoms with Crippen LogP contribution in [0.25, 0.3) is 33.0 Å². The first kappa shape index (κ1) is 20.0. The normalized spacial score (nSPS) is 12.5. The van der Waals surface area contributed by atoms with Crippen LogP contribution in [-0.4, -0.2) is 10.4 Å². The average Bonchev–Trinajstić information content (AvgIpc) is 3.07. The van der Waals surface area contributed by atoms with Crippen molar-refractivity contribution in [1.82, 2.24) is 4.40 Å². The van der Waals surface area contributed by atoms with Crippen LogP contribution in [-0.2, 0) is 0 Å². The second-order valence-corrected chi connectivity index (χ2v) is 7.95. The predicted octanol–water partition coefficient (Wildman–Crippen LogP) is 2.90. The standard InChI is InChI=1S/C25H26N3.HI/c1-4-5-18(3)26-21-10-12-23-20(15-21)8-11-22-16-27-24-14-17(2)6-7-19(24)9-13-25(27)28(22)23;/h6-16,18,26H,4-5H2,1-3H3;1H/q+1;/p-1. The fourth-order valence-electron chi connectivity index (χ4n) is 4.34. The lowest BCUT2D eigenvalue weighted by Gasteiger charge is -2.14. The van der Waals surface area contributed by atoms with Crippen molar-refractivity contribution in [3.05, 3.63) is 72.4 Å². The molecular weight excluding hydrogens is 469 g/mol. The fourth-order valence-corrected chi connectivity index (χ4v) is 4.34. The maximum atomic E-state index is 3.63. The van der Waals surface area contributed by atoms with Crippen LogP contribution >= 0.6 is 0 Å². The van der Waals surface area contributed by atoms with Crippen LogP contribution in [0.3, 0.4) is 0 Å². The topological polar surface area (TPSA) is 20.5 Å². The number of imidazole rings is 1. The Morgan fingerprint density at radius 2 is 1.76 bits per heavy atom. The first-order valence-corrected chi connectivity index (χ1v) is 10.2. The molecule has 0 aliphatic carbocycles. The van der Waals surface area contributed by atoms with Crippen LogP contribution < -0.4 is 33.7 Å². The van der Waals surface area contributed by atoms with E-state index in [4.69, 9.17) is 0 Å². The van der Waals surface area contributed by atoms with Crippen molar-refractivity contribution in [2.75, 3.05) is 5.32 Å². The number of benzene rings is 2. The minimum absolute atomic E-state index is 0. The summed E-state index contributed by atoms with van der Waals surface area (Å²) in [6.45, 7) is 6.63. The van der Waals surface area contributed by atoms with Crippen molar-refractivity contribution in [1.29, 1.82) is 0 Å². The van der Waals surface area contributed by atoms with Crippen LogP contribution in [0, 0.1) is 6.92 Å². The van der Waals surface area contributed by atoms with Gasteiger partial charge in [-0.2, -0.15) is 8.80 Å². The summed E-state index contributed by atoms with van der Waals surface area (Å²) < 4.78 is 4.67. The van der Waals surface area contributed by atoms with Gasteiger partial charge in [-0.1, -0.05) is 25.5 Å². The van der Waals surface area contributed by atoms with Gasteiger partial charge in [-0.05, 0) is 68.3 Å². The summed E-state index contributed by atoms with van der Waals surface area (Å²) >= 11 is 0. The number of nitrogens with zero attached hydrogens (tertiary/aromatic N) is 2. The molecule has 0 fully saturated rings. The molecule has 148 valence electrons. The Balaban J connectivity index is 0.00000205. The molecule has 1 unspecified atom stereocenters. The van der Waals surface area contributed by atoms with Crippen molar-refractivity contribution >= 4 is 38.7 Å². The van der Waals surface area contributed by atoms with E-state index in [1.807, 2.05) is 0 Å². The Kier molecular flexibility index (Phi) is 5.38. The van der Waals surface area contributed by atoms with Crippen molar-refractivity contribution in [2.24, 2.45) is 0 Å². The van der Waals surface area contributed by atoms with Crippen LogP contribution in [0.15, 0.2) is 66.9 Å². The maximum Gasteiger partial charge on any atom is 0.292 e. The lowest BCUT2D eigenvalue weighted by atomic mass is 10.1. The molecule has 3 nitrogen and oxygen atoms in total. The van der Waals surface area contributed by atoms with Crippen LogP contribution in [0.5, 0.6) is 0 Å². The van der Waals surface area contributed by atoms with Gasteiger partial charge < -0.3 is 29.3 Å². The predicted molar refractivity (Wildman–Crippen MR) is 118 cm³/mol. The molecule has 3 aromatic heterocycles. The summed E-state index contributed by atoms with van der Waals surface area (Å²) in [5, 5.41) is 6.15. The quantitative estimate of drug-likeness (QED) is 0.301. The van der Waals surface area contributed by atoms with E-state index in [1.165, 1.54) is 57.1 Å². The zero-order chi connectivity index (χ0) is 19.3. The van der Waals surface area contributed by atoms with Gasteiger partial charge in [-0.15, -0.1) is 0 Å². The molecule has 0 bridgehead atoms. The monoisotopic (exact) mass is 495 g/mol. The van der Waals surface area contributed by atoms with Crippen LogP contribution in [0.2, 0.25) is 0 Å². The number of rotatable bonds is 4. The number of aromatic nitrogens is 2. The highest BCUT2D eigenvalue weighted by molar-refractivity contribution is 5.88. The summed E-state index contributed by atoms with van der Waals surface area (Å²) in [6.07, 6.45) is 4.62. The number of anilines is 1. The van der Waals surface area contributed by atoms with E-state index in [9.17, 15) is 0 Å². The van der Waals surface area contributed by atoms with E-state index in [-0.39, 0.29) is 24.0 Å². The Hall–Kier alpha value is -2.34. The van der Waals surface area contributed by atoms with Crippen molar-refractivity contribution in [3.8, 4) is 0 Å². The molecule has 5 aromatic rings. The van der Waals surface area contributed by atoms with Crippen molar-refractivity contribution < 1.29 is 28.4 Å². The highest BCUT2D eigenvalue weighted by Crippen LogP contribution is 2.24. The van der Waals surface area contributed by atoms with Gasteiger partial charge in [0.25, 0.3) is 5.65 Å². The second kappa shape index (κ2) is 7.82. The van der Waals surface area contributed by atoms with Gasteiger partial charge in [0.2, 0.25) is 0 Å². The number of nitrogens with one attached hydrogen (secondary N) is 1. The molecule has 3 heterocycles. The molecule has 0 amide bonds. The van der Waals surface area contributed by atoms with Gasteiger partial charge in [-0.3, -0.25) is 0 Å². The molecule has 4 heteroatoms. The van der Waals surface area contributed by atoms with E-state index in [2.05, 4.69) is 102 Å². The Morgan fingerprint density at radius 1 is 0.966 bits per heavy atom. The van der Waals surface area contributed by atoms with E-state index in [1.54, 1.807) is 0 Å². The number of fused-ring (bicyclic) bond motifs is 7. The van der Waals surface area contributed by atoms with E-state index in [0.717, 1.165) is 0 Å². The molecule has 1 atom stereocenters. The third kappa shape index (κ3) is 3.44. The number of halogens is 1. The molecule has 0 saturated carbocycles. The zero-order valence-corrected chi connectivity index (χ0v) is 19.3. The number of hydrogen-bond donors (Lipinski definition) is 1. The van der Waals surface area contributed by atoms with Gasteiger partial charge in [0.15, 0.2) is 5.52 Å². The molecule has 0 radical (unpaired) electrons. The van der Waals surface area contributed by atoms with Gasteiger partial charge >= 0.3 is 0 Å². The van der Waals surface area contributed by atoms with Crippen molar-refractivity contribution in [3.63, 3.8) is 0 Å². The molecular formula is C25H26IN3. The van der Waals surface area contributed by atoms with Crippen molar-refractivity contribution in [2.45, 2.75) is 39.7 Å².